The van der Waals surface area contributed by atoms with Crippen LogP contribution in [0.15, 0.2) is 16.9 Å². The number of halogens is 1. The van der Waals surface area contributed by atoms with E-state index in [1.807, 2.05) is 13.8 Å². The summed E-state index contributed by atoms with van der Waals surface area (Å²) in [5.74, 6) is -0.875. The Morgan fingerprint density at radius 3 is 2.60 bits per heavy atom. The average Bonchev–Trinajstić information content (AvgIpc) is 2.59. The van der Waals surface area contributed by atoms with Crippen molar-refractivity contribution in [2.24, 2.45) is 0 Å². The molecule has 134 valence electrons. The summed E-state index contributed by atoms with van der Waals surface area (Å²) >= 11 is 0. The Kier molecular flexibility index (Phi) is 5.68. The molecule has 0 amide bonds. The molecule has 9 heteroatoms. The van der Waals surface area contributed by atoms with E-state index in [2.05, 4.69) is 15.5 Å². The average molecular weight is 350 g/mol. The summed E-state index contributed by atoms with van der Waals surface area (Å²) in [6.07, 6.45) is 1.23. The molecule has 8 nitrogen and oxygen atoms in total. The molecule has 25 heavy (non-hydrogen) atoms. The number of methoxy groups -OCH3 is 1. The van der Waals surface area contributed by atoms with Crippen molar-refractivity contribution in [3.05, 3.63) is 55.2 Å². The minimum Gasteiger partial charge on any atom is -0.497 e. The van der Waals surface area contributed by atoms with Crippen LogP contribution in [0.1, 0.15) is 30.7 Å². The van der Waals surface area contributed by atoms with Gasteiger partial charge in [-0.2, -0.15) is 9.49 Å². The van der Waals surface area contributed by atoms with Crippen molar-refractivity contribution < 1.29 is 14.1 Å². The summed E-state index contributed by atoms with van der Waals surface area (Å²) in [7, 11) is 1.33. The molecule has 0 fully saturated rings. The Morgan fingerprint density at radius 2 is 2.04 bits per heavy atom. The first kappa shape index (κ1) is 18.4. The van der Waals surface area contributed by atoms with Gasteiger partial charge in [-0.3, -0.25) is 14.9 Å². The van der Waals surface area contributed by atoms with E-state index in [0.717, 1.165) is 17.3 Å². The van der Waals surface area contributed by atoms with E-state index < -0.39 is 16.4 Å². The van der Waals surface area contributed by atoms with Gasteiger partial charge in [0.25, 0.3) is 5.56 Å². The Hall–Kier alpha value is -2.97. The van der Waals surface area contributed by atoms with Crippen LogP contribution in [-0.2, 0) is 19.4 Å². The second kappa shape index (κ2) is 7.73. The molecule has 0 atom stereocenters. The van der Waals surface area contributed by atoms with Crippen molar-refractivity contribution in [2.45, 2.75) is 33.2 Å². The van der Waals surface area contributed by atoms with Crippen LogP contribution >= 0.6 is 0 Å². The molecule has 0 aliphatic rings. The predicted octanol–water partition coefficient (Wildman–Crippen LogP) is 2.56. The SMILES string of the molecule is CCc1n[nH]c(=O)c(CNc2cc(OC)cc(F)c2[N+](=O)[O-])c1CC. The molecule has 1 heterocycles. The van der Waals surface area contributed by atoms with Gasteiger partial charge in [-0.05, 0) is 18.4 Å². The lowest BCUT2D eigenvalue weighted by Crippen LogP contribution is -2.22. The highest BCUT2D eigenvalue weighted by atomic mass is 19.1. The lowest BCUT2D eigenvalue weighted by molar-refractivity contribution is -0.386. The number of anilines is 1. The zero-order valence-electron chi connectivity index (χ0n) is 14.2. The van der Waals surface area contributed by atoms with Crippen LogP contribution in [-0.4, -0.2) is 22.2 Å². The van der Waals surface area contributed by atoms with Crippen LogP contribution in [0.4, 0.5) is 15.8 Å². The molecule has 0 saturated heterocycles. The summed E-state index contributed by atoms with van der Waals surface area (Å²) in [6, 6.07) is 2.26. The molecule has 2 N–H and O–H groups in total. The van der Waals surface area contributed by atoms with Gasteiger partial charge in [0.15, 0.2) is 0 Å². The quantitative estimate of drug-likeness (QED) is 0.586. The van der Waals surface area contributed by atoms with Gasteiger partial charge >= 0.3 is 5.69 Å². The number of aromatic nitrogens is 2. The number of rotatable bonds is 7. The number of aryl methyl sites for hydroxylation is 1. The summed E-state index contributed by atoms with van der Waals surface area (Å²) in [6.45, 7) is 3.81. The van der Waals surface area contributed by atoms with E-state index in [1.165, 1.54) is 13.2 Å². The van der Waals surface area contributed by atoms with Crippen molar-refractivity contribution >= 4 is 11.4 Å². The van der Waals surface area contributed by atoms with E-state index in [0.29, 0.717) is 18.4 Å². The second-order valence-corrected chi connectivity index (χ2v) is 5.28. The van der Waals surface area contributed by atoms with Gasteiger partial charge < -0.3 is 10.1 Å². The van der Waals surface area contributed by atoms with Crippen molar-refractivity contribution in [1.82, 2.24) is 10.2 Å². The largest absolute Gasteiger partial charge is 0.497 e. The molecular formula is C16H19FN4O4. The van der Waals surface area contributed by atoms with Crippen molar-refractivity contribution in [2.75, 3.05) is 12.4 Å². The molecule has 1 aromatic carbocycles. The minimum absolute atomic E-state index is 0.00146. The number of H-pyrrole nitrogens is 1. The summed E-state index contributed by atoms with van der Waals surface area (Å²) in [5.41, 5.74) is 0.827. The predicted molar refractivity (Wildman–Crippen MR) is 90.5 cm³/mol. The van der Waals surface area contributed by atoms with Crippen LogP contribution in [0.2, 0.25) is 0 Å². The summed E-state index contributed by atoms with van der Waals surface area (Å²) in [4.78, 5) is 22.4. The van der Waals surface area contributed by atoms with Crippen molar-refractivity contribution in [3.8, 4) is 5.75 Å². The number of hydrogen-bond donors (Lipinski definition) is 2. The molecule has 0 aliphatic heterocycles. The monoisotopic (exact) mass is 350 g/mol. The number of nitrogens with one attached hydrogen (secondary N) is 2. The molecule has 0 unspecified atom stereocenters. The highest BCUT2D eigenvalue weighted by molar-refractivity contribution is 5.65. The summed E-state index contributed by atoms with van der Waals surface area (Å²) in [5, 5.41) is 20.4. The van der Waals surface area contributed by atoms with E-state index in [9.17, 15) is 19.3 Å². The zero-order chi connectivity index (χ0) is 18.6. The first-order chi connectivity index (χ1) is 11.9. The number of aromatic amines is 1. The van der Waals surface area contributed by atoms with E-state index in [4.69, 9.17) is 4.74 Å². The Labute approximate surface area is 143 Å². The molecular weight excluding hydrogens is 331 g/mol. The Morgan fingerprint density at radius 1 is 1.32 bits per heavy atom. The van der Waals surface area contributed by atoms with Crippen LogP contribution in [0.25, 0.3) is 0 Å². The van der Waals surface area contributed by atoms with Crippen molar-refractivity contribution in [1.29, 1.82) is 0 Å². The van der Waals surface area contributed by atoms with Crippen LogP contribution in [0.5, 0.6) is 5.75 Å². The van der Waals surface area contributed by atoms with Gasteiger partial charge in [0.05, 0.1) is 17.7 Å². The fourth-order valence-electron chi connectivity index (χ4n) is 2.66. The fourth-order valence-corrected chi connectivity index (χ4v) is 2.66. The maximum absolute atomic E-state index is 14.0. The minimum atomic E-state index is -1.01. The number of ether oxygens (including phenoxy) is 1. The molecule has 0 radical (unpaired) electrons. The topological polar surface area (TPSA) is 110 Å². The lowest BCUT2D eigenvalue weighted by atomic mass is 10.0. The molecule has 0 saturated carbocycles. The van der Waals surface area contributed by atoms with Crippen LogP contribution in [0, 0.1) is 15.9 Å². The van der Waals surface area contributed by atoms with Gasteiger partial charge in [0.1, 0.15) is 11.4 Å². The highest BCUT2D eigenvalue weighted by Gasteiger charge is 2.23. The number of nitrogens with zero attached hydrogens (tertiary/aromatic N) is 2. The van der Waals surface area contributed by atoms with Gasteiger partial charge in [-0.1, -0.05) is 13.8 Å². The Balaban J connectivity index is 2.44. The lowest BCUT2D eigenvalue weighted by Gasteiger charge is -2.13. The standard InChI is InChI=1S/C16H19FN4O4/c1-4-10-11(16(22)20-19-13(10)5-2)8-18-14-7-9(25-3)6-12(17)15(14)21(23)24/h6-7,18H,4-5,8H2,1-3H3,(H,20,22). The fraction of sp³-hybridized carbons (Fsp3) is 0.375. The first-order valence-corrected chi connectivity index (χ1v) is 7.77. The molecule has 2 rings (SSSR count). The normalized spacial score (nSPS) is 10.6. The van der Waals surface area contributed by atoms with Gasteiger partial charge in [-0.25, -0.2) is 5.10 Å². The van der Waals surface area contributed by atoms with E-state index >= 15 is 0 Å². The highest BCUT2D eigenvalue weighted by Crippen LogP contribution is 2.32. The third kappa shape index (κ3) is 3.76. The number of benzene rings is 1. The molecule has 2 aromatic rings. The molecule has 0 spiro atoms. The van der Waals surface area contributed by atoms with Gasteiger partial charge in [-0.15, -0.1) is 0 Å². The zero-order valence-corrected chi connectivity index (χ0v) is 14.2. The summed E-state index contributed by atoms with van der Waals surface area (Å²) < 4.78 is 18.9. The molecule has 1 aromatic heterocycles. The van der Waals surface area contributed by atoms with Gasteiger partial charge in [0, 0.05) is 24.2 Å². The van der Waals surface area contributed by atoms with Gasteiger partial charge in [0.2, 0.25) is 5.82 Å². The molecule has 0 aliphatic carbocycles. The maximum atomic E-state index is 14.0. The third-order valence-corrected chi connectivity index (χ3v) is 3.88. The van der Waals surface area contributed by atoms with E-state index in [1.54, 1.807) is 0 Å². The second-order valence-electron chi connectivity index (χ2n) is 5.28. The maximum Gasteiger partial charge on any atom is 0.327 e. The van der Waals surface area contributed by atoms with Crippen LogP contribution in [0.3, 0.4) is 0 Å². The first-order valence-electron chi connectivity index (χ1n) is 7.77. The number of hydrogen-bond acceptors (Lipinski definition) is 6. The smallest absolute Gasteiger partial charge is 0.327 e. The third-order valence-electron chi connectivity index (χ3n) is 3.88. The number of nitro groups is 1. The van der Waals surface area contributed by atoms with Crippen molar-refractivity contribution in [3.63, 3.8) is 0 Å². The van der Waals surface area contributed by atoms with E-state index in [-0.39, 0.29) is 23.5 Å². The van der Waals surface area contributed by atoms with Crippen LogP contribution < -0.4 is 15.6 Å². The Bertz CT molecular complexity index is 851. The molecule has 0 bridgehead atoms. The number of nitro benzene ring substituents is 1.